The van der Waals surface area contributed by atoms with E-state index in [4.69, 9.17) is 5.73 Å². The third-order valence-corrected chi connectivity index (χ3v) is 4.62. The van der Waals surface area contributed by atoms with Crippen LogP contribution >= 0.6 is 0 Å². The first-order chi connectivity index (χ1) is 7.68. The van der Waals surface area contributed by atoms with E-state index in [0.717, 1.165) is 38.0 Å². The van der Waals surface area contributed by atoms with Gasteiger partial charge in [-0.15, -0.1) is 0 Å². The fourth-order valence-corrected chi connectivity index (χ4v) is 3.04. The maximum atomic E-state index is 10.3. The Hall–Kier alpha value is -0.0800. The molecule has 2 nitrogen and oxygen atoms in total. The van der Waals surface area contributed by atoms with Crippen LogP contribution in [0.1, 0.15) is 65.2 Å². The molecule has 1 aliphatic rings. The Morgan fingerprint density at radius 2 is 1.94 bits per heavy atom. The molecule has 1 rings (SSSR count). The number of unbranched alkanes of at least 4 members (excludes halogenated alkanes) is 1. The van der Waals surface area contributed by atoms with Gasteiger partial charge in [0, 0.05) is 12.0 Å². The molecule has 1 saturated carbocycles. The fraction of sp³-hybridized carbons (Fsp3) is 1.00. The summed E-state index contributed by atoms with van der Waals surface area (Å²) in [7, 11) is 0. The highest BCUT2D eigenvalue weighted by molar-refractivity contribution is 4.91. The van der Waals surface area contributed by atoms with Gasteiger partial charge in [-0.25, -0.2) is 0 Å². The van der Waals surface area contributed by atoms with E-state index in [0.29, 0.717) is 6.54 Å². The van der Waals surface area contributed by atoms with Gasteiger partial charge in [0.2, 0.25) is 0 Å². The Morgan fingerprint density at radius 1 is 1.31 bits per heavy atom. The summed E-state index contributed by atoms with van der Waals surface area (Å²) in [6, 6.07) is 0. The van der Waals surface area contributed by atoms with Crippen LogP contribution < -0.4 is 5.73 Å². The molecule has 1 fully saturated rings. The molecule has 1 atom stereocenters. The van der Waals surface area contributed by atoms with Crippen molar-refractivity contribution in [3.8, 4) is 0 Å². The van der Waals surface area contributed by atoms with E-state index in [1.807, 2.05) is 0 Å². The van der Waals surface area contributed by atoms with Gasteiger partial charge < -0.3 is 10.8 Å². The first-order valence-corrected chi connectivity index (χ1v) is 7.06. The number of aliphatic hydroxyl groups excluding tert-OH is 1. The Kier molecular flexibility index (Phi) is 5.77. The Labute approximate surface area is 101 Å². The zero-order chi connectivity index (χ0) is 12.0. The van der Waals surface area contributed by atoms with Crippen LogP contribution in [0.25, 0.3) is 0 Å². The molecule has 0 radical (unpaired) electrons. The van der Waals surface area contributed by atoms with Crippen molar-refractivity contribution in [3.63, 3.8) is 0 Å². The van der Waals surface area contributed by atoms with Gasteiger partial charge in [0.15, 0.2) is 0 Å². The van der Waals surface area contributed by atoms with Crippen molar-refractivity contribution in [1.29, 1.82) is 0 Å². The molecule has 16 heavy (non-hydrogen) atoms. The third kappa shape index (κ3) is 3.21. The second kappa shape index (κ2) is 6.61. The average Bonchev–Trinajstić information content (AvgIpc) is 2.35. The van der Waals surface area contributed by atoms with Gasteiger partial charge in [0.05, 0.1) is 6.10 Å². The van der Waals surface area contributed by atoms with Crippen molar-refractivity contribution < 1.29 is 5.11 Å². The minimum absolute atomic E-state index is 0.0425. The molecule has 0 aromatic heterocycles. The van der Waals surface area contributed by atoms with E-state index >= 15 is 0 Å². The number of hydrogen-bond donors (Lipinski definition) is 2. The van der Waals surface area contributed by atoms with Crippen LogP contribution in [0.15, 0.2) is 0 Å². The standard InChI is InChI=1S/C14H29NO/c1-3-5-6-13(16)14(11-15)9-7-12(4-2)8-10-14/h12-13,16H,3-11,15H2,1-2H3. The topological polar surface area (TPSA) is 46.2 Å². The number of hydrogen-bond acceptors (Lipinski definition) is 2. The van der Waals surface area contributed by atoms with Crippen LogP contribution in [-0.2, 0) is 0 Å². The molecule has 0 heterocycles. The van der Waals surface area contributed by atoms with Crippen molar-refractivity contribution in [1.82, 2.24) is 0 Å². The predicted octanol–water partition coefficient (Wildman–Crippen LogP) is 3.08. The van der Waals surface area contributed by atoms with Crippen LogP contribution in [0.4, 0.5) is 0 Å². The molecule has 1 aliphatic carbocycles. The van der Waals surface area contributed by atoms with Crippen LogP contribution in [0.5, 0.6) is 0 Å². The second-order valence-corrected chi connectivity index (χ2v) is 5.58. The van der Waals surface area contributed by atoms with E-state index in [1.54, 1.807) is 0 Å². The van der Waals surface area contributed by atoms with Crippen molar-refractivity contribution in [3.05, 3.63) is 0 Å². The summed E-state index contributed by atoms with van der Waals surface area (Å²) >= 11 is 0. The molecule has 0 saturated heterocycles. The first kappa shape index (κ1) is 14.0. The summed E-state index contributed by atoms with van der Waals surface area (Å²) < 4.78 is 0. The van der Waals surface area contributed by atoms with E-state index in [9.17, 15) is 5.11 Å². The molecule has 0 aromatic carbocycles. The molecule has 0 amide bonds. The number of nitrogens with two attached hydrogens (primary N) is 1. The maximum Gasteiger partial charge on any atom is 0.0608 e. The molecule has 0 spiro atoms. The van der Waals surface area contributed by atoms with Gasteiger partial charge in [-0.2, -0.15) is 0 Å². The van der Waals surface area contributed by atoms with Crippen molar-refractivity contribution in [2.45, 2.75) is 71.3 Å². The quantitative estimate of drug-likeness (QED) is 0.732. The lowest BCUT2D eigenvalue weighted by Crippen LogP contribution is -2.44. The normalized spacial score (nSPS) is 32.6. The second-order valence-electron chi connectivity index (χ2n) is 5.58. The minimum Gasteiger partial charge on any atom is -0.393 e. The minimum atomic E-state index is -0.171. The smallest absolute Gasteiger partial charge is 0.0608 e. The number of rotatable bonds is 6. The maximum absolute atomic E-state index is 10.3. The third-order valence-electron chi connectivity index (χ3n) is 4.62. The van der Waals surface area contributed by atoms with E-state index in [-0.39, 0.29) is 11.5 Å². The van der Waals surface area contributed by atoms with Crippen molar-refractivity contribution >= 4 is 0 Å². The van der Waals surface area contributed by atoms with Gasteiger partial charge in [0.1, 0.15) is 0 Å². The predicted molar refractivity (Wildman–Crippen MR) is 69.3 cm³/mol. The molecular weight excluding hydrogens is 198 g/mol. The van der Waals surface area contributed by atoms with Gasteiger partial charge in [-0.05, 0) is 38.0 Å². The largest absolute Gasteiger partial charge is 0.393 e. The zero-order valence-electron chi connectivity index (χ0n) is 11.0. The van der Waals surface area contributed by atoms with E-state index in [2.05, 4.69) is 13.8 Å². The lowest BCUT2D eigenvalue weighted by Gasteiger charge is -2.42. The number of aliphatic hydroxyl groups is 1. The Balaban J connectivity index is 2.51. The zero-order valence-corrected chi connectivity index (χ0v) is 11.0. The lowest BCUT2D eigenvalue weighted by atomic mass is 9.66. The van der Waals surface area contributed by atoms with E-state index < -0.39 is 0 Å². The summed E-state index contributed by atoms with van der Waals surface area (Å²) in [6.45, 7) is 5.11. The monoisotopic (exact) mass is 227 g/mol. The molecule has 96 valence electrons. The fourth-order valence-electron chi connectivity index (χ4n) is 3.04. The summed E-state index contributed by atoms with van der Waals surface area (Å²) in [5, 5.41) is 10.3. The molecular formula is C14H29NO. The molecule has 0 aromatic rings. The van der Waals surface area contributed by atoms with Crippen molar-refractivity contribution in [2.75, 3.05) is 6.54 Å². The van der Waals surface area contributed by atoms with Crippen LogP contribution in [0.3, 0.4) is 0 Å². The molecule has 0 aliphatic heterocycles. The highest BCUT2D eigenvalue weighted by Crippen LogP contribution is 2.43. The molecule has 2 heteroatoms. The summed E-state index contributed by atoms with van der Waals surface area (Å²) in [5.74, 6) is 0.873. The van der Waals surface area contributed by atoms with Gasteiger partial charge in [-0.1, -0.05) is 33.1 Å². The Morgan fingerprint density at radius 3 is 2.38 bits per heavy atom. The highest BCUT2D eigenvalue weighted by atomic mass is 16.3. The van der Waals surface area contributed by atoms with Crippen molar-refractivity contribution in [2.24, 2.45) is 17.1 Å². The van der Waals surface area contributed by atoms with Crippen LogP contribution in [-0.4, -0.2) is 17.8 Å². The average molecular weight is 227 g/mol. The first-order valence-electron chi connectivity index (χ1n) is 7.06. The highest BCUT2D eigenvalue weighted by Gasteiger charge is 2.39. The molecule has 0 bridgehead atoms. The summed E-state index contributed by atoms with van der Waals surface area (Å²) in [5.41, 5.74) is 5.98. The Bertz CT molecular complexity index is 185. The summed E-state index contributed by atoms with van der Waals surface area (Å²) in [4.78, 5) is 0. The van der Waals surface area contributed by atoms with Crippen LogP contribution in [0, 0.1) is 11.3 Å². The van der Waals surface area contributed by atoms with Gasteiger partial charge in [-0.3, -0.25) is 0 Å². The SMILES string of the molecule is CCCCC(O)C1(CN)CCC(CC)CC1. The van der Waals surface area contributed by atoms with E-state index in [1.165, 1.54) is 19.3 Å². The molecule has 1 unspecified atom stereocenters. The van der Waals surface area contributed by atoms with Crippen LogP contribution in [0.2, 0.25) is 0 Å². The van der Waals surface area contributed by atoms with Gasteiger partial charge >= 0.3 is 0 Å². The lowest BCUT2D eigenvalue weighted by molar-refractivity contribution is -0.0144. The summed E-state index contributed by atoms with van der Waals surface area (Å²) in [6.07, 6.45) is 9.12. The molecule has 3 N–H and O–H groups in total. The van der Waals surface area contributed by atoms with Gasteiger partial charge in [0.25, 0.3) is 0 Å².